The van der Waals surface area contributed by atoms with Crippen molar-refractivity contribution < 1.29 is 28.3 Å². The Morgan fingerprint density at radius 1 is 1.41 bits per heavy atom. The van der Waals surface area contributed by atoms with Gasteiger partial charge in [0.1, 0.15) is 17.3 Å². The molecule has 0 saturated carbocycles. The highest BCUT2D eigenvalue weighted by Gasteiger charge is 2.39. The van der Waals surface area contributed by atoms with Crippen LogP contribution in [-0.4, -0.2) is 74.8 Å². The largest absolute Gasteiger partial charge is 0.449 e. The summed E-state index contributed by atoms with van der Waals surface area (Å²) in [4.78, 5) is 41.9. The average molecular weight is 513 g/mol. The number of aromatic nitrogens is 1. The number of nitrogens with two attached hydrogens (primary N) is 1. The minimum atomic E-state index is -0.654. The highest BCUT2D eigenvalue weighted by molar-refractivity contribution is 6.13. The van der Waals surface area contributed by atoms with Crippen molar-refractivity contribution >= 4 is 40.6 Å². The number of furan rings is 1. The van der Waals surface area contributed by atoms with Crippen LogP contribution in [0.15, 0.2) is 21.7 Å². The highest BCUT2D eigenvalue weighted by Crippen LogP contribution is 2.39. The van der Waals surface area contributed by atoms with E-state index in [2.05, 4.69) is 16.0 Å². The Labute approximate surface area is 215 Å². The van der Waals surface area contributed by atoms with Crippen molar-refractivity contribution in [3.63, 3.8) is 0 Å². The summed E-state index contributed by atoms with van der Waals surface area (Å²) in [6.45, 7) is 4.26. The van der Waals surface area contributed by atoms with Gasteiger partial charge in [-0.1, -0.05) is 6.92 Å². The van der Waals surface area contributed by atoms with Gasteiger partial charge in [-0.3, -0.25) is 19.5 Å². The molecule has 2 amide bonds. The fraction of sp³-hybridized carbons (Fsp3) is 0.480. The number of allylic oxidation sites excluding steroid dienone is 1. The lowest BCUT2D eigenvalue weighted by molar-refractivity contribution is -0.0772. The number of aliphatic imine (C=N–C) groups is 1. The number of hydrogen-bond donors (Lipinski definition) is 1. The minimum absolute atomic E-state index is 0.0732. The normalized spacial score (nSPS) is 18.1. The van der Waals surface area contributed by atoms with Crippen LogP contribution in [0.1, 0.15) is 54.9 Å². The van der Waals surface area contributed by atoms with E-state index in [0.717, 1.165) is 11.5 Å². The van der Waals surface area contributed by atoms with Gasteiger partial charge < -0.3 is 19.6 Å². The number of anilines is 1. The first kappa shape index (κ1) is 27.6. The first-order valence-electron chi connectivity index (χ1n) is 12.0. The Balaban J connectivity index is 2.37. The standard InChI is InChI=1S/C25H32N6O6/c1-6-18-11-17(8-9-36-18)31(25(33)35-7-2)22-21-19(37-23(22)24(32)30(4)34-5)10-15(12-26)20(29-21)16(13-27)14-28-3/h10,13-14,17-18H,6-9,11,27H2,1-5H3/b16-13+,28-14?. The lowest BCUT2D eigenvalue weighted by Crippen LogP contribution is -2.47. The van der Waals surface area contributed by atoms with Crippen molar-refractivity contribution in [1.82, 2.24) is 10.0 Å². The van der Waals surface area contributed by atoms with E-state index >= 15 is 0 Å². The van der Waals surface area contributed by atoms with Gasteiger partial charge in [-0.2, -0.15) is 5.26 Å². The second-order valence-corrected chi connectivity index (χ2v) is 8.27. The van der Waals surface area contributed by atoms with Crippen LogP contribution in [0.4, 0.5) is 10.5 Å². The van der Waals surface area contributed by atoms with Crippen molar-refractivity contribution in [2.45, 2.75) is 45.3 Å². The zero-order valence-corrected chi connectivity index (χ0v) is 21.7. The number of carbonyl (C=O) groups excluding carboxylic acids is 2. The van der Waals surface area contributed by atoms with Crippen molar-refractivity contribution in [2.24, 2.45) is 10.7 Å². The molecule has 1 saturated heterocycles. The zero-order valence-electron chi connectivity index (χ0n) is 21.7. The molecule has 1 aliphatic heterocycles. The van der Waals surface area contributed by atoms with Crippen LogP contribution < -0.4 is 10.6 Å². The van der Waals surface area contributed by atoms with Crippen molar-refractivity contribution in [2.75, 3.05) is 39.3 Å². The number of hydrogen-bond acceptors (Lipinski definition) is 10. The van der Waals surface area contributed by atoms with Gasteiger partial charge >= 0.3 is 12.0 Å². The molecule has 2 aromatic rings. The number of ether oxygens (including phenoxy) is 2. The third kappa shape index (κ3) is 5.58. The molecule has 2 N–H and O–H groups in total. The molecule has 2 aromatic heterocycles. The van der Waals surface area contributed by atoms with Crippen LogP contribution in [0.25, 0.3) is 16.7 Å². The first-order chi connectivity index (χ1) is 17.8. The minimum Gasteiger partial charge on any atom is -0.449 e. The SMILES string of the molecule is CCOC(=O)N(c1c(C(=O)N(C)OC)oc2cc(C#N)c(/C(C=NC)=C/N)nc12)C1CCOC(CC)C1. The van der Waals surface area contributed by atoms with E-state index in [1.807, 2.05) is 6.92 Å². The number of nitrogens with zero attached hydrogens (tertiary/aromatic N) is 5. The molecule has 198 valence electrons. The molecule has 2 unspecified atom stereocenters. The van der Waals surface area contributed by atoms with Gasteiger partial charge in [-0.15, -0.1) is 0 Å². The second kappa shape index (κ2) is 12.3. The van der Waals surface area contributed by atoms with Crippen molar-refractivity contribution in [1.29, 1.82) is 5.26 Å². The maximum atomic E-state index is 13.4. The molecule has 1 aliphatic rings. The predicted molar refractivity (Wildman–Crippen MR) is 137 cm³/mol. The summed E-state index contributed by atoms with van der Waals surface area (Å²) in [7, 11) is 4.31. The third-order valence-corrected chi connectivity index (χ3v) is 6.10. The number of rotatable bonds is 8. The number of carbonyl (C=O) groups is 2. The molecule has 3 rings (SSSR count). The molecule has 0 aliphatic carbocycles. The summed E-state index contributed by atoms with van der Waals surface area (Å²) >= 11 is 0. The molecule has 0 spiro atoms. The van der Waals surface area contributed by atoms with Gasteiger partial charge in [-0.25, -0.2) is 14.8 Å². The van der Waals surface area contributed by atoms with Gasteiger partial charge in [0.05, 0.1) is 31.1 Å². The third-order valence-electron chi connectivity index (χ3n) is 6.10. The number of amides is 2. The Bertz CT molecular complexity index is 1250. The molecule has 0 bridgehead atoms. The van der Waals surface area contributed by atoms with E-state index in [1.165, 1.54) is 37.5 Å². The Morgan fingerprint density at radius 3 is 2.76 bits per heavy atom. The lowest BCUT2D eigenvalue weighted by Gasteiger charge is -2.36. The molecule has 0 radical (unpaired) electrons. The molecule has 12 nitrogen and oxygen atoms in total. The lowest BCUT2D eigenvalue weighted by atomic mass is 9.99. The zero-order chi connectivity index (χ0) is 27.1. The van der Waals surface area contributed by atoms with E-state index < -0.39 is 12.0 Å². The summed E-state index contributed by atoms with van der Waals surface area (Å²) in [5, 5.41) is 10.8. The number of pyridine rings is 1. The van der Waals surface area contributed by atoms with Gasteiger partial charge in [0.15, 0.2) is 5.58 Å². The summed E-state index contributed by atoms with van der Waals surface area (Å²) in [6, 6.07) is 3.18. The second-order valence-electron chi connectivity index (χ2n) is 8.27. The first-order valence-corrected chi connectivity index (χ1v) is 12.0. The Hall–Kier alpha value is -3.95. The average Bonchev–Trinajstić information content (AvgIpc) is 3.28. The summed E-state index contributed by atoms with van der Waals surface area (Å²) < 4.78 is 17.2. The quantitative estimate of drug-likeness (QED) is 0.414. The molecule has 1 fully saturated rings. The maximum Gasteiger partial charge on any atom is 0.414 e. The molecule has 2 atom stereocenters. The van der Waals surface area contributed by atoms with Gasteiger partial charge in [0.25, 0.3) is 0 Å². The Kier molecular flexibility index (Phi) is 9.21. The molecule has 12 heteroatoms. The van der Waals surface area contributed by atoms with Crippen LogP contribution in [-0.2, 0) is 14.3 Å². The van der Waals surface area contributed by atoms with E-state index in [1.54, 1.807) is 14.0 Å². The van der Waals surface area contributed by atoms with Crippen LogP contribution >= 0.6 is 0 Å². The van der Waals surface area contributed by atoms with Crippen molar-refractivity contribution in [3.05, 3.63) is 29.3 Å². The predicted octanol–water partition coefficient (Wildman–Crippen LogP) is 3.25. The van der Waals surface area contributed by atoms with E-state index in [-0.39, 0.29) is 52.6 Å². The van der Waals surface area contributed by atoms with E-state index in [4.69, 9.17) is 24.5 Å². The maximum absolute atomic E-state index is 13.4. The van der Waals surface area contributed by atoms with Gasteiger partial charge in [-0.05, 0) is 26.2 Å². The van der Waals surface area contributed by atoms with Gasteiger partial charge in [0.2, 0.25) is 5.76 Å². The summed E-state index contributed by atoms with van der Waals surface area (Å²) in [6.07, 6.45) is 3.80. The van der Waals surface area contributed by atoms with Crippen molar-refractivity contribution in [3.8, 4) is 6.07 Å². The molecule has 37 heavy (non-hydrogen) atoms. The topological polar surface area (TPSA) is 157 Å². The van der Waals surface area contributed by atoms with Crippen LogP contribution in [0.2, 0.25) is 0 Å². The Morgan fingerprint density at radius 2 is 2.16 bits per heavy atom. The molecular weight excluding hydrogens is 480 g/mol. The highest BCUT2D eigenvalue weighted by atomic mass is 16.7. The molecule has 0 aromatic carbocycles. The summed E-state index contributed by atoms with van der Waals surface area (Å²) in [5.41, 5.74) is 7.03. The monoisotopic (exact) mass is 512 g/mol. The number of nitriles is 1. The molecular formula is C25H32N6O6. The number of hydroxylamine groups is 2. The van der Waals surface area contributed by atoms with Crippen LogP contribution in [0, 0.1) is 11.3 Å². The number of fused-ring (bicyclic) bond motifs is 1. The van der Waals surface area contributed by atoms with E-state index in [0.29, 0.717) is 25.0 Å². The fourth-order valence-corrected chi connectivity index (χ4v) is 4.23. The van der Waals surface area contributed by atoms with Crippen LogP contribution in [0.5, 0.6) is 0 Å². The van der Waals surface area contributed by atoms with E-state index in [9.17, 15) is 14.9 Å². The van der Waals surface area contributed by atoms with Crippen LogP contribution in [0.3, 0.4) is 0 Å². The molecule has 3 heterocycles. The van der Waals surface area contributed by atoms with Gasteiger partial charge in [0, 0.05) is 50.8 Å². The summed E-state index contributed by atoms with van der Waals surface area (Å²) in [5.74, 6) is -0.823. The fourth-order valence-electron chi connectivity index (χ4n) is 4.23. The smallest absolute Gasteiger partial charge is 0.414 e.